The Morgan fingerprint density at radius 3 is 2.86 bits per heavy atom. The second kappa shape index (κ2) is 5.29. The summed E-state index contributed by atoms with van der Waals surface area (Å²) in [5.41, 5.74) is 0.703. The number of hydrogen-bond acceptors (Lipinski definition) is 3. The molecule has 0 unspecified atom stereocenters. The summed E-state index contributed by atoms with van der Waals surface area (Å²) in [6.45, 7) is 4.98. The van der Waals surface area contributed by atoms with E-state index in [1.807, 2.05) is 6.08 Å². The Morgan fingerprint density at radius 1 is 1.36 bits per heavy atom. The van der Waals surface area contributed by atoms with Crippen LogP contribution in [0.25, 0.3) is 0 Å². The largest absolute Gasteiger partial charge is 0.504 e. The molecule has 0 spiro atoms. The van der Waals surface area contributed by atoms with Gasteiger partial charge in [-0.3, -0.25) is 0 Å². The van der Waals surface area contributed by atoms with Gasteiger partial charge in [0.15, 0.2) is 11.5 Å². The molecule has 0 radical (unpaired) electrons. The lowest BCUT2D eigenvalue weighted by Crippen LogP contribution is -2.13. The van der Waals surface area contributed by atoms with Gasteiger partial charge < -0.3 is 15.5 Å². The van der Waals surface area contributed by atoms with E-state index in [9.17, 15) is 10.2 Å². The van der Waals surface area contributed by atoms with E-state index in [1.54, 1.807) is 12.1 Å². The van der Waals surface area contributed by atoms with Crippen molar-refractivity contribution in [1.29, 1.82) is 0 Å². The van der Waals surface area contributed by atoms with E-state index in [4.69, 9.17) is 0 Å². The van der Waals surface area contributed by atoms with Crippen molar-refractivity contribution in [3.63, 3.8) is 0 Å². The molecule has 1 rings (SSSR count). The second-order valence-corrected chi connectivity index (χ2v) is 3.04. The number of benzene rings is 1. The zero-order valence-electron chi connectivity index (χ0n) is 8.03. The number of hydrogen-bond donors (Lipinski definition) is 3. The van der Waals surface area contributed by atoms with E-state index in [1.165, 1.54) is 6.07 Å². The normalized spacial score (nSPS) is 10.0. The SMILES string of the molecule is C=CCCNCc1cccc(O)c1O. The lowest BCUT2D eigenvalue weighted by Gasteiger charge is -2.06. The number of rotatable bonds is 5. The van der Waals surface area contributed by atoms with Crippen LogP contribution in [0.5, 0.6) is 11.5 Å². The minimum atomic E-state index is -0.0759. The first kappa shape index (κ1) is 10.6. The molecule has 0 aliphatic rings. The zero-order chi connectivity index (χ0) is 10.4. The van der Waals surface area contributed by atoms with Crippen LogP contribution in [0.1, 0.15) is 12.0 Å². The van der Waals surface area contributed by atoms with Crippen LogP contribution in [0.2, 0.25) is 0 Å². The van der Waals surface area contributed by atoms with E-state index in [-0.39, 0.29) is 11.5 Å². The van der Waals surface area contributed by atoms with Gasteiger partial charge in [-0.2, -0.15) is 0 Å². The molecule has 1 aromatic rings. The fraction of sp³-hybridized carbons (Fsp3) is 0.273. The van der Waals surface area contributed by atoms with Gasteiger partial charge in [0.1, 0.15) is 0 Å². The second-order valence-electron chi connectivity index (χ2n) is 3.04. The molecule has 3 N–H and O–H groups in total. The van der Waals surface area contributed by atoms with Gasteiger partial charge in [0, 0.05) is 12.1 Å². The summed E-state index contributed by atoms with van der Waals surface area (Å²) >= 11 is 0. The molecule has 3 nitrogen and oxygen atoms in total. The van der Waals surface area contributed by atoms with Crippen molar-refractivity contribution in [3.05, 3.63) is 36.4 Å². The third-order valence-electron chi connectivity index (χ3n) is 1.94. The lowest BCUT2D eigenvalue weighted by atomic mass is 10.2. The molecular formula is C11H15NO2. The van der Waals surface area contributed by atoms with Crippen LogP contribution in [0.15, 0.2) is 30.9 Å². The number of phenols is 2. The molecule has 0 bridgehead atoms. The van der Waals surface area contributed by atoms with Gasteiger partial charge in [-0.25, -0.2) is 0 Å². The summed E-state index contributed by atoms with van der Waals surface area (Å²) in [5.74, 6) is -0.119. The molecule has 0 fully saturated rings. The molecule has 1 aromatic carbocycles. The number of phenolic OH excluding ortho intramolecular Hbond substituents is 2. The van der Waals surface area contributed by atoms with E-state index < -0.39 is 0 Å². The molecule has 0 aliphatic heterocycles. The Hall–Kier alpha value is -1.48. The highest BCUT2D eigenvalue weighted by Gasteiger charge is 2.03. The van der Waals surface area contributed by atoms with Gasteiger partial charge in [0.05, 0.1) is 0 Å². The van der Waals surface area contributed by atoms with E-state index in [0.29, 0.717) is 12.1 Å². The van der Waals surface area contributed by atoms with Crippen LogP contribution in [-0.2, 0) is 6.54 Å². The number of aromatic hydroxyl groups is 2. The molecule has 0 aliphatic carbocycles. The molecule has 0 aromatic heterocycles. The minimum Gasteiger partial charge on any atom is -0.504 e. The first-order valence-corrected chi connectivity index (χ1v) is 4.57. The van der Waals surface area contributed by atoms with E-state index in [0.717, 1.165) is 13.0 Å². The van der Waals surface area contributed by atoms with Gasteiger partial charge in [0.25, 0.3) is 0 Å². The predicted molar refractivity (Wildman–Crippen MR) is 56.3 cm³/mol. The van der Waals surface area contributed by atoms with E-state index >= 15 is 0 Å². The van der Waals surface area contributed by atoms with Crippen molar-refractivity contribution in [3.8, 4) is 11.5 Å². The van der Waals surface area contributed by atoms with Gasteiger partial charge in [-0.1, -0.05) is 18.2 Å². The molecule has 0 saturated carbocycles. The van der Waals surface area contributed by atoms with Crippen molar-refractivity contribution < 1.29 is 10.2 Å². The zero-order valence-corrected chi connectivity index (χ0v) is 8.03. The fourth-order valence-corrected chi connectivity index (χ4v) is 1.15. The standard InChI is InChI=1S/C11H15NO2/c1-2-3-7-12-8-9-5-4-6-10(13)11(9)14/h2,4-6,12-14H,1,3,7-8H2. The topological polar surface area (TPSA) is 52.5 Å². The van der Waals surface area contributed by atoms with Crippen molar-refractivity contribution in [2.75, 3.05) is 6.54 Å². The Balaban J connectivity index is 2.50. The van der Waals surface area contributed by atoms with Crippen LogP contribution >= 0.6 is 0 Å². The van der Waals surface area contributed by atoms with Crippen LogP contribution < -0.4 is 5.32 Å². The predicted octanol–water partition coefficient (Wildman–Crippen LogP) is 1.76. The highest BCUT2D eigenvalue weighted by Crippen LogP contribution is 2.27. The average molecular weight is 193 g/mol. The third kappa shape index (κ3) is 2.78. The molecule has 0 atom stereocenters. The Kier molecular flexibility index (Phi) is 4.01. The van der Waals surface area contributed by atoms with Gasteiger partial charge >= 0.3 is 0 Å². The minimum absolute atomic E-state index is 0.0430. The highest BCUT2D eigenvalue weighted by atomic mass is 16.3. The van der Waals surface area contributed by atoms with Crippen molar-refractivity contribution in [2.45, 2.75) is 13.0 Å². The van der Waals surface area contributed by atoms with Gasteiger partial charge in [-0.15, -0.1) is 6.58 Å². The van der Waals surface area contributed by atoms with Gasteiger partial charge in [0.2, 0.25) is 0 Å². The molecule has 14 heavy (non-hydrogen) atoms. The summed E-state index contributed by atoms with van der Waals surface area (Å²) in [5, 5.41) is 21.8. The molecule has 3 heteroatoms. The van der Waals surface area contributed by atoms with E-state index in [2.05, 4.69) is 11.9 Å². The number of nitrogens with one attached hydrogen (secondary N) is 1. The Labute approximate surface area is 83.7 Å². The highest BCUT2D eigenvalue weighted by molar-refractivity contribution is 5.44. The van der Waals surface area contributed by atoms with Crippen molar-refractivity contribution >= 4 is 0 Å². The summed E-state index contributed by atoms with van der Waals surface area (Å²) in [4.78, 5) is 0. The molecule has 0 saturated heterocycles. The first-order chi connectivity index (χ1) is 6.75. The first-order valence-electron chi connectivity index (χ1n) is 4.57. The maximum atomic E-state index is 9.44. The fourth-order valence-electron chi connectivity index (χ4n) is 1.15. The van der Waals surface area contributed by atoms with Crippen molar-refractivity contribution in [1.82, 2.24) is 5.32 Å². The quantitative estimate of drug-likeness (QED) is 0.379. The van der Waals surface area contributed by atoms with Gasteiger partial charge in [-0.05, 0) is 19.0 Å². The molecule has 0 amide bonds. The van der Waals surface area contributed by atoms with Crippen LogP contribution in [0.4, 0.5) is 0 Å². The summed E-state index contributed by atoms with van der Waals surface area (Å²) in [7, 11) is 0. The molecule has 76 valence electrons. The third-order valence-corrected chi connectivity index (χ3v) is 1.94. The summed E-state index contributed by atoms with van der Waals surface area (Å²) < 4.78 is 0. The monoisotopic (exact) mass is 193 g/mol. The number of para-hydroxylation sites is 1. The maximum Gasteiger partial charge on any atom is 0.161 e. The average Bonchev–Trinajstić information content (AvgIpc) is 2.19. The maximum absolute atomic E-state index is 9.44. The van der Waals surface area contributed by atoms with Crippen LogP contribution in [0, 0.1) is 0 Å². The Bertz CT molecular complexity index is 310. The molecule has 0 heterocycles. The lowest BCUT2D eigenvalue weighted by molar-refractivity contribution is 0.398. The summed E-state index contributed by atoms with van der Waals surface area (Å²) in [6.07, 6.45) is 2.72. The molecular weight excluding hydrogens is 178 g/mol. The van der Waals surface area contributed by atoms with Crippen LogP contribution in [0.3, 0.4) is 0 Å². The van der Waals surface area contributed by atoms with Crippen LogP contribution in [-0.4, -0.2) is 16.8 Å². The summed E-state index contributed by atoms with van der Waals surface area (Å²) in [6, 6.07) is 4.94. The van der Waals surface area contributed by atoms with Crippen molar-refractivity contribution in [2.24, 2.45) is 0 Å². The smallest absolute Gasteiger partial charge is 0.161 e. The Morgan fingerprint density at radius 2 is 2.14 bits per heavy atom.